The van der Waals surface area contributed by atoms with Crippen LogP contribution in [-0.2, 0) is 11.2 Å². The van der Waals surface area contributed by atoms with E-state index in [4.69, 9.17) is 27.9 Å². The molecule has 0 aliphatic rings. The number of carbonyl (C=O) groups excluding carboxylic acids is 1. The predicted molar refractivity (Wildman–Crippen MR) is 149 cm³/mol. The van der Waals surface area contributed by atoms with Gasteiger partial charge in [0.2, 0.25) is 5.75 Å². The predicted octanol–water partition coefficient (Wildman–Crippen LogP) is 4.58. The third-order valence-corrected chi connectivity index (χ3v) is 6.57. The first-order valence-corrected chi connectivity index (χ1v) is 12.5. The summed E-state index contributed by atoms with van der Waals surface area (Å²) < 4.78 is 33.2. The van der Waals surface area contributed by atoms with Crippen molar-refractivity contribution in [2.75, 3.05) is 33.8 Å². The number of methoxy groups -OCH3 is 4. The average molecular weight is 545 g/mol. The van der Waals surface area contributed by atoms with E-state index in [1.807, 2.05) is 36.4 Å². The van der Waals surface area contributed by atoms with Crippen molar-refractivity contribution >= 4 is 22.6 Å². The maximum atomic E-state index is 13.1. The highest BCUT2D eigenvalue weighted by molar-refractivity contribution is 5.96. The summed E-state index contributed by atoms with van der Waals surface area (Å²) in [5.41, 5.74) is 8.02. The second-order valence-corrected chi connectivity index (χ2v) is 9.05. The van der Waals surface area contributed by atoms with Gasteiger partial charge >= 0.3 is 0 Å². The Balaban J connectivity index is 1.42. The van der Waals surface area contributed by atoms with E-state index in [2.05, 4.69) is 16.2 Å². The van der Waals surface area contributed by atoms with Crippen molar-refractivity contribution in [2.24, 2.45) is 0 Å². The summed E-state index contributed by atoms with van der Waals surface area (Å²) in [6, 6.07) is 18.1. The molecule has 0 radical (unpaired) electrons. The van der Waals surface area contributed by atoms with Gasteiger partial charge in [0.15, 0.2) is 17.5 Å². The van der Waals surface area contributed by atoms with Gasteiger partial charge in [-0.1, -0.05) is 29.4 Å². The molecule has 0 bridgehead atoms. The van der Waals surface area contributed by atoms with Gasteiger partial charge in [-0.25, -0.2) is 0 Å². The number of fused-ring (bicyclic) bond motifs is 1. The van der Waals surface area contributed by atoms with Gasteiger partial charge in [0.1, 0.15) is 29.0 Å². The first kappa shape index (κ1) is 26.6. The number of aromatic nitrogens is 1. The molecule has 0 aliphatic carbocycles. The van der Waals surface area contributed by atoms with Gasteiger partial charge in [0, 0.05) is 16.5 Å². The number of amides is 1. The molecule has 5 aromatic rings. The monoisotopic (exact) mass is 544 g/mol. The maximum Gasteiger partial charge on any atom is 0.283 e. The number of rotatable bonds is 10. The number of ether oxygens (including phenoxy) is 4. The van der Waals surface area contributed by atoms with E-state index in [1.54, 1.807) is 52.7 Å². The van der Waals surface area contributed by atoms with Crippen molar-refractivity contribution in [1.29, 1.82) is 0 Å². The number of nitrogens with zero attached hydrogens (tertiary/aromatic N) is 1. The zero-order valence-electron chi connectivity index (χ0n) is 22.6. The summed E-state index contributed by atoms with van der Waals surface area (Å²) in [6.45, 7) is 0. The molecule has 0 fully saturated rings. The maximum absolute atomic E-state index is 13.1. The van der Waals surface area contributed by atoms with Gasteiger partial charge in [-0.3, -0.25) is 4.79 Å². The van der Waals surface area contributed by atoms with E-state index in [0.717, 1.165) is 16.5 Å². The number of para-hydroxylation sites is 1. The van der Waals surface area contributed by atoms with Crippen LogP contribution in [0.1, 0.15) is 5.76 Å². The van der Waals surface area contributed by atoms with Gasteiger partial charge in [-0.05, 0) is 42.0 Å². The SMILES string of the molecule is COc1ccc(-c2conc2-c2cc(OC)c(OC)c(OC)c2)cc1NC(=O)C([NH3+])Cc1cc2ccccc2o1. The standard InChI is InChI=1S/C30H29N3O7/c1-35-25-10-9-17(21-16-39-33-28(21)19-13-26(36-2)29(38-4)27(14-19)37-3)12-23(25)32-30(34)22(31)15-20-11-18-7-5-6-8-24(18)40-20/h5-14,16,22H,15,31H2,1-4H3,(H,32,34)/p+1. The normalized spacial score (nSPS) is 11.7. The number of anilines is 1. The molecule has 0 spiro atoms. The molecule has 2 aromatic heterocycles. The van der Waals surface area contributed by atoms with E-state index >= 15 is 0 Å². The number of furan rings is 1. The summed E-state index contributed by atoms with van der Waals surface area (Å²) in [5, 5.41) is 8.16. The fourth-order valence-electron chi connectivity index (χ4n) is 4.55. The van der Waals surface area contributed by atoms with Crippen molar-refractivity contribution in [2.45, 2.75) is 12.5 Å². The topological polar surface area (TPSA) is 133 Å². The van der Waals surface area contributed by atoms with Crippen LogP contribution in [0.15, 0.2) is 75.9 Å². The van der Waals surface area contributed by atoms with Crippen LogP contribution < -0.4 is 30.0 Å². The molecule has 10 heteroatoms. The third-order valence-electron chi connectivity index (χ3n) is 6.57. The molecule has 1 atom stereocenters. The Hall–Kier alpha value is -4.96. The van der Waals surface area contributed by atoms with Crippen LogP contribution >= 0.6 is 0 Å². The molecule has 1 amide bonds. The molecule has 40 heavy (non-hydrogen) atoms. The zero-order valence-corrected chi connectivity index (χ0v) is 22.6. The summed E-state index contributed by atoms with van der Waals surface area (Å²) >= 11 is 0. The number of carbonyl (C=O) groups is 1. The Kier molecular flexibility index (Phi) is 7.61. The van der Waals surface area contributed by atoms with Crippen LogP contribution in [0.2, 0.25) is 0 Å². The highest BCUT2D eigenvalue weighted by Gasteiger charge is 2.23. The lowest BCUT2D eigenvalue weighted by molar-refractivity contribution is -0.402. The van der Waals surface area contributed by atoms with Crippen molar-refractivity contribution in [3.8, 4) is 45.4 Å². The Morgan fingerprint density at radius 1 is 0.900 bits per heavy atom. The van der Waals surface area contributed by atoms with Gasteiger partial charge < -0.3 is 38.9 Å². The number of quaternary nitrogens is 1. The summed E-state index contributed by atoms with van der Waals surface area (Å²) in [5.74, 6) is 2.36. The molecule has 0 aliphatic heterocycles. The zero-order chi connectivity index (χ0) is 28.2. The number of nitrogens with one attached hydrogen (secondary N) is 1. The molecular weight excluding hydrogens is 514 g/mol. The molecule has 0 saturated heterocycles. The lowest BCUT2D eigenvalue weighted by atomic mass is 10.00. The fraction of sp³-hybridized carbons (Fsp3) is 0.200. The highest BCUT2D eigenvalue weighted by atomic mass is 16.5. The molecular formula is C30H30N3O7+. The lowest BCUT2D eigenvalue weighted by Gasteiger charge is -2.15. The van der Waals surface area contributed by atoms with Crippen LogP contribution in [0.3, 0.4) is 0 Å². The Labute approximate surface area is 230 Å². The number of benzene rings is 3. The van der Waals surface area contributed by atoms with Crippen LogP contribution in [0.25, 0.3) is 33.4 Å². The van der Waals surface area contributed by atoms with Crippen LogP contribution in [0.5, 0.6) is 23.0 Å². The molecule has 10 nitrogen and oxygen atoms in total. The molecule has 4 N–H and O–H groups in total. The highest BCUT2D eigenvalue weighted by Crippen LogP contribution is 2.43. The van der Waals surface area contributed by atoms with E-state index < -0.39 is 6.04 Å². The molecule has 5 rings (SSSR count). The molecule has 1 unspecified atom stereocenters. The molecule has 3 aromatic carbocycles. The van der Waals surface area contributed by atoms with Crippen molar-refractivity contribution in [3.63, 3.8) is 0 Å². The quantitative estimate of drug-likeness (QED) is 0.261. The van der Waals surface area contributed by atoms with E-state index in [1.165, 1.54) is 6.26 Å². The minimum Gasteiger partial charge on any atom is -0.495 e. The summed E-state index contributed by atoms with van der Waals surface area (Å²) in [7, 11) is 6.18. The van der Waals surface area contributed by atoms with Gasteiger partial charge in [0.25, 0.3) is 5.91 Å². The van der Waals surface area contributed by atoms with Crippen LogP contribution in [0, 0.1) is 0 Å². The smallest absolute Gasteiger partial charge is 0.283 e. The first-order valence-electron chi connectivity index (χ1n) is 12.5. The molecule has 0 saturated carbocycles. The number of hydrogen-bond donors (Lipinski definition) is 2. The second kappa shape index (κ2) is 11.4. The van der Waals surface area contributed by atoms with E-state index in [0.29, 0.717) is 57.7 Å². The van der Waals surface area contributed by atoms with Crippen LogP contribution in [0.4, 0.5) is 5.69 Å². The van der Waals surface area contributed by atoms with E-state index in [-0.39, 0.29) is 5.91 Å². The second-order valence-electron chi connectivity index (χ2n) is 9.05. The molecule has 206 valence electrons. The van der Waals surface area contributed by atoms with Crippen LogP contribution in [-0.4, -0.2) is 45.5 Å². The first-order chi connectivity index (χ1) is 19.4. The minimum atomic E-state index is -0.598. The average Bonchev–Trinajstić information content (AvgIpc) is 3.63. The summed E-state index contributed by atoms with van der Waals surface area (Å²) in [4.78, 5) is 13.1. The molecule has 2 heterocycles. The third kappa shape index (κ3) is 5.16. The Morgan fingerprint density at radius 2 is 1.62 bits per heavy atom. The largest absolute Gasteiger partial charge is 0.495 e. The minimum absolute atomic E-state index is 0.272. The Morgan fingerprint density at radius 3 is 2.30 bits per heavy atom. The Bertz CT molecular complexity index is 1600. The number of hydrogen-bond acceptors (Lipinski definition) is 8. The van der Waals surface area contributed by atoms with Crippen molar-refractivity contribution in [1.82, 2.24) is 5.16 Å². The van der Waals surface area contributed by atoms with E-state index in [9.17, 15) is 4.79 Å². The van der Waals surface area contributed by atoms with Gasteiger partial charge in [0.05, 0.1) is 40.5 Å². The lowest BCUT2D eigenvalue weighted by Crippen LogP contribution is -2.67. The fourth-order valence-corrected chi connectivity index (χ4v) is 4.55. The van der Waals surface area contributed by atoms with Gasteiger partial charge in [-0.15, -0.1) is 0 Å². The van der Waals surface area contributed by atoms with Crippen molar-refractivity contribution in [3.05, 3.63) is 72.7 Å². The van der Waals surface area contributed by atoms with Crippen molar-refractivity contribution < 1.29 is 38.4 Å². The van der Waals surface area contributed by atoms with Gasteiger partial charge in [-0.2, -0.15) is 0 Å². The summed E-state index contributed by atoms with van der Waals surface area (Å²) in [6.07, 6.45) is 1.89.